The van der Waals surface area contributed by atoms with Crippen molar-refractivity contribution in [2.75, 3.05) is 0 Å². The van der Waals surface area contributed by atoms with Gasteiger partial charge in [0.15, 0.2) is 0 Å². The molecule has 0 saturated heterocycles. The van der Waals surface area contributed by atoms with E-state index in [2.05, 4.69) is 35.2 Å². The Morgan fingerprint density at radius 3 is 2.40 bits per heavy atom. The zero-order valence-corrected chi connectivity index (χ0v) is 10.2. The van der Waals surface area contributed by atoms with Gasteiger partial charge in [-0.1, -0.05) is 41.2 Å². The molecule has 1 saturated carbocycles. The monoisotopic (exact) mass is 263 g/mol. The van der Waals surface area contributed by atoms with E-state index in [1.54, 1.807) is 0 Å². The van der Waals surface area contributed by atoms with Crippen LogP contribution in [0.4, 0.5) is 0 Å². The van der Waals surface area contributed by atoms with Crippen molar-refractivity contribution in [3.05, 3.63) is 46.5 Å². The van der Waals surface area contributed by atoms with Crippen LogP contribution in [0.25, 0.3) is 12.2 Å². The molecule has 0 unspecified atom stereocenters. The van der Waals surface area contributed by atoms with E-state index in [9.17, 15) is 0 Å². The summed E-state index contributed by atoms with van der Waals surface area (Å²) in [6, 6.07) is 4.14. The van der Waals surface area contributed by atoms with E-state index >= 15 is 0 Å². The summed E-state index contributed by atoms with van der Waals surface area (Å²) in [7, 11) is 0. The highest BCUT2D eigenvalue weighted by molar-refractivity contribution is 9.10. The Kier molecular flexibility index (Phi) is 2.57. The average molecular weight is 264 g/mol. The maximum atomic E-state index is 6.23. The van der Waals surface area contributed by atoms with E-state index in [4.69, 9.17) is 5.73 Å². The molecule has 0 radical (unpaired) electrons. The van der Waals surface area contributed by atoms with Gasteiger partial charge in [0, 0.05) is 10.0 Å². The summed E-state index contributed by atoms with van der Waals surface area (Å²) in [6.07, 6.45) is 5.82. The Balaban J connectivity index is 2.66. The van der Waals surface area contributed by atoms with Crippen LogP contribution in [0.3, 0.4) is 0 Å². The zero-order chi connectivity index (χ0) is 11.1. The number of halogens is 1. The minimum atomic E-state index is -0.134. The number of hydrogen-bond acceptors (Lipinski definition) is 1. The molecule has 1 aliphatic carbocycles. The number of rotatable bonds is 3. The van der Waals surface area contributed by atoms with Gasteiger partial charge >= 0.3 is 0 Å². The highest BCUT2D eigenvalue weighted by Gasteiger charge is 2.41. The summed E-state index contributed by atoms with van der Waals surface area (Å²) in [4.78, 5) is 0. The van der Waals surface area contributed by atoms with Crippen LogP contribution in [0.2, 0.25) is 0 Å². The molecule has 1 aliphatic rings. The van der Waals surface area contributed by atoms with Crippen LogP contribution in [0.1, 0.15) is 29.5 Å². The number of benzene rings is 1. The quantitative estimate of drug-likeness (QED) is 0.885. The molecule has 1 aromatic rings. The molecule has 1 aromatic carbocycles. The van der Waals surface area contributed by atoms with Crippen molar-refractivity contribution in [1.29, 1.82) is 0 Å². The molecule has 0 spiro atoms. The summed E-state index contributed by atoms with van der Waals surface area (Å²) in [5.41, 5.74) is 9.49. The first-order valence-electron chi connectivity index (χ1n) is 4.98. The van der Waals surface area contributed by atoms with Gasteiger partial charge in [0.2, 0.25) is 0 Å². The van der Waals surface area contributed by atoms with E-state index in [0.717, 1.165) is 28.4 Å². The number of nitrogens with two attached hydrogens (primary N) is 1. The standard InChI is InChI=1S/C13H14BrN/c1-3-9-7-10(14)8-12(11(9)4-2)13(15)5-6-13/h3-4,7-8H,1-2,5-6,15H2. The Morgan fingerprint density at radius 2 is 1.93 bits per heavy atom. The summed E-state index contributed by atoms with van der Waals surface area (Å²) in [5.74, 6) is 0. The van der Waals surface area contributed by atoms with Crippen molar-refractivity contribution in [3.8, 4) is 0 Å². The van der Waals surface area contributed by atoms with Crippen molar-refractivity contribution >= 4 is 28.1 Å². The summed E-state index contributed by atoms with van der Waals surface area (Å²) in [5, 5.41) is 0. The molecule has 0 amide bonds. The van der Waals surface area contributed by atoms with E-state index in [1.165, 1.54) is 5.56 Å². The van der Waals surface area contributed by atoms with Crippen molar-refractivity contribution in [2.45, 2.75) is 18.4 Å². The molecule has 0 heterocycles. The lowest BCUT2D eigenvalue weighted by Crippen LogP contribution is -2.20. The molecular weight excluding hydrogens is 250 g/mol. The summed E-state index contributed by atoms with van der Waals surface area (Å²) < 4.78 is 1.05. The van der Waals surface area contributed by atoms with Gasteiger partial charge in [-0.3, -0.25) is 0 Å². The lowest BCUT2D eigenvalue weighted by atomic mass is 9.94. The smallest absolute Gasteiger partial charge is 0.0417 e. The molecule has 0 bridgehead atoms. The van der Waals surface area contributed by atoms with Crippen molar-refractivity contribution in [3.63, 3.8) is 0 Å². The van der Waals surface area contributed by atoms with Crippen LogP contribution in [0, 0.1) is 0 Å². The predicted octanol–water partition coefficient (Wildman–Crippen LogP) is 3.68. The summed E-state index contributed by atoms with van der Waals surface area (Å²) in [6.45, 7) is 7.67. The van der Waals surface area contributed by atoms with Gasteiger partial charge in [0.05, 0.1) is 0 Å². The Labute approximate surface area is 98.8 Å². The fraction of sp³-hybridized carbons (Fsp3) is 0.231. The van der Waals surface area contributed by atoms with Crippen molar-refractivity contribution in [2.24, 2.45) is 5.73 Å². The fourth-order valence-electron chi connectivity index (χ4n) is 1.85. The highest BCUT2D eigenvalue weighted by Crippen LogP contribution is 2.46. The molecule has 0 atom stereocenters. The van der Waals surface area contributed by atoms with Crippen molar-refractivity contribution < 1.29 is 0 Å². The van der Waals surface area contributed by atoms with Gasteiger partial charge in [-0.05, 0) is 41.7 Å². The molecule has 2 heteroatoms. The molecular formula is C13H14BrN. The Hall–Kier alpha value is -0.860. The van der Waals surface area contributed by atoms with Gasteiger partial charge in [-0.25, -0.2) is 0 Å². The molecule has 1 fully saturated rings. The minimum absolute atomic E-state index is 0.134. The SMILES string of the molecule is C=Cc1cc(Br)cc(C2(N)CC2)c1C=C. The minimum Gasteiger partial charge on any atom is -0.321 e. The van der Waals surface area contributed by atoms with E-state index in [-0.39, 0.29) is 5.54 Å². The van der Waals surface area contributed by atoms with Crippen LogP contribution in [0.15, 0.2) is 29.8 Å². The van der Waals surface area contributed by atoms with E-state index in [0.29, 0.717) is 0 Å². The molecule has 78 valence electrons. The Morgan fingerprint density at radius 1 is 1.27 bits per heavy atom. The third-order valence-electron chi connectivity index (χ3n) is 2.93. The maximum absolute atomic E-state index is 6.23. The fourth-order valence-corrected chi connectivity index (χ4v) is 2.33. The Bertz CT molecular complexity index is 430. The lowest BCUT2D eigenvalue weighted by Gasteiger charge is -2.16. The van der Waals surface area contributed by atoms with Crippen LogP contribution >= 0.6 is 15.9 Å². The van der Waals surface area contributed by atoms with Crippen LogP contribution in [0.5, 0.6) is 0 Å². The summed E-state index contributed by atoms with van der Waals surface area (Å²) >= 11 is 3.50. The number of hydrogen-bond donors (Lipinski definition) is 1. The molecule has 2 N–H and O–H groups in total. The second-order valence-corrected chi connectivity index (χ2v) is 4.94. The van der Waals surface area contributed by atoms with Crippen LogP contribution in [-0.4, -0.2) is 0 Å². The molecule has 1 nitrogen and oxygen atoms in total. The molecule has 0 aliphatic heterocycles. The highest BCUT2D eigenvalue weighted by atomic mass is 79.9. The first kappa shape index (κ1) is 10.7. The van der Waals surface area contributed by atoms with E-state index in [1.807, 2.05) is 18.2 Å². The lowest BCUT2D eigenvalue weighted by molar-refractivity contribution is 0.737. The predicted molar refractivity (Wildman–Crippen MR) is 69.4 cm³/mol. The largest absolute Gasteiger partial charge is 0.321 e. The normalized spacial score (nSPS) is 17.2. The van der Waals surface area contributed by atoms with Gasteiger partial charge < -0.3 is 5.73 Å². The van der Waals surface area contributed by atoms with Gasteiger partial charge in [0.25, 0.3) is 0 Å². The topological polar surface area (TPSA) is 26.0 Å². The van der Waals surface area contributed by atoms with E-state index < -0.39 is 0 Å². The van der Waals surface area contributed by atoms with Gasteiger partial charge in [0.1, 0.15) is 0 Å². The third-order valence-corrected chi connectivity index (χ3v) is 3.38. The molecule has 2 rings (SSSR count). The van der Waals surface area contributed by atoms with Crippen LogP contribution < -0.4 is 5.73 Å². The second kappa shape index (κ2) is 3.62. The average Bonchev–Trinajstić information content (AvgIpc) is 2.96. The van der Waals surface area contributed by atoms with Gasteiger partial charge in [-0.15, -0.1) is 0 Å². The first-order chi connectivity index (χ1) is 7.10. The van der Waals surface area contributed by atoms with Crippen LogP contribution in [-0.2, 0) is 5.54 Å². The maximum Gasteiger partial charge on any atom is 0.0417 e. The third kappa shape index (κ3) is 1.80. The molecule has 15 heavy (non-hydrogen) atoms. The van der Waals surface area contributed by atoms with Gasteiger partial charge in [-0.2, -0.15) is 0 Å². The first-order valence-corrected chi connectivity index (χ1v) is 5.78. The second-order valence-electron chi connectivity index (χ2n) is 4.02. The van der Waals surface area contributed by atoms with Crippen molar-refractivity contribution in [1.82, 2.24) is 0 Å². The zero-order valence-electron chi connectivity index (χ0n) is 8.59. The molecule has 0 aromatic heterocycles.